The zero-order valence-corrected chi connectivity index (χ0v) is 8.42. The van der Waals surface area contributed by atoms with Crippen molar-refractivity contribution in [3.05, 3.63) is 29.3 Å². The van der Waals surface area contributed by atoms with Crippen LogP contribution in [0.3, 0.4) is 0 Å². The first-order valence-corrected chi connectivity index (χ1v) is 4.44. The normalized spacial score (nSPS) is 9.64. The maximum absolute atomic E-state index is 10.8. The third kappa shape index (κ3) is 2.74. The molecule has 1 aromatic rings. The summed E-state index contributed by atoms with van der Waals surface area (Å²) >= 11 is 0. The molecule has 0 bridgehead atoms. The van der Waals surface area contributed by atoms with Gasteiger partial charge in [-0.05, 0) is 37.1 Å². The molecule has 4 N–H and O–H groups in total. The molecule has 4 heteroatoms. The minimum atomic E-state index is -0.233. The number of anilines is 1. The lowest BCUT2D eigenvalue weighted by atomic mass is 10.1. The number of rotatable bonds is 3. The quantitative estimate of drug-likeness (QED) is 0.376. The van der Waals surface area contributed by atoms with E-state index in [2.05, 4.69) is 10.7 Å². The van der Waals surface area contributed by atoms with Crippen LogP contribution in [0.1, 0.15) is 11.1 Å². The zero-order chi connectivity index (χ0) is 10.6. The number of nitrogens with one attached hydrogen (secondary N) is 2. The van der Waals surface area contributed by atoms with Crippen molar-refractivity contribution in [3.63, 3.8) is 0 Å². The van der Waals surface area contributed by atoms with Crippen molar-refractivity contribution >= 4 is 11.6 Å². The molecule has 4 nitrogen and oxygen atoms in total. The number of nitrogens with two attached hydrogens (primary N) is 1. The van der Waals surface area contributed by atoms with E-state index in [0.29, 0.717) is 0 Å². The Morgan fingerprint density at radius 3 is 2.64 bits per heavy atom. The molecule has 0 fully saturated rings. The molecular formula is C10H15N3O. The first-order valence-electron chi connectivity index (χ1n) is 4.44. The molecule has 0 spiro atoms. The van der Waals surface area contributed by atoms with Crippen molar-refractivity contribution in [2.45, 2.75) is 13.8 Å². The molecule has 0 radical (unpaired) electrons. The molecule has 1 rings (SSSR count). The minimum Gasteiger partial charge on any atom is -0.376 e. The van der Waals surface area contributed by atoms with Gasteiger partial charge in [-0.25, -0.2) is 5.84 Å². The van der Waals surface area contributed by atoms with Crippen molar-refractivity contribution in [3.8, 4) is 0 Å². The number of benzene rings is 1. The Kier molecular flexibility index (Phi) is 3.48. The summed E-state index contributed by atoms with van der Waals surface area (Å²) in [6.07, 6.45) is 0. The molecule has 0 aromatic heterocycles. The summed E-state index contributed by atoms with van der Waals surface area (Å²) in [5.74, 6) is 4.72. The third-order valence-corrected chi connectivity index (χ3v) is 2.12. The summed E-state index contributed by atoms with van der Waals surface area (Å²) in [5.41, 5.74) is 5.42. The number of hydrogen-bond acceptors (Lipinski definition) is 3. The van der Waals surface area contributed by atoms with Gasteiger partial charge < -0.3 is 5.32 Å². The molecule has 0 atom stereocenters. The summed E-state index contributed by atoms with van der Waals surface area (Å²) in [4.78, 5) is 10.8. The van der Waals surface area contributed by atoms with Crippen LogP contribution in [0.2, 0.25) is 0 Å². The Balaban J connectivity index is 2.60. The maximum atomic E-state index is 10.8. The number of carbonyl (C=O) groups excluding carboxylic acids is 1. The fourth-order valence-electron chi connectivity index (χ4n) is 1.08. The van der Waals surface area contributed by atoms with Gasteiger partial charge in [-0.15, -0.1) is 0 Å². The Morgan fingerprint density at radius 2 is 2.07 bits per heavy atom. The number of carbonyl (C=O) groups is 1. The molecule has 76 valence electrons. The highest BCUT2D eigenvalue weighted by atomic mass is 16.2. The van der Waals surface area contributed by atoms with Crippen LogP contribution in [0.5, 0.6) is 0 Å². The molecular weight excluding hydrogens is 178 g/mol. The lowest BCUT2D eigenvalue weighted by Crippen LogP contribution is -2.35. The van der Waals surface area contributed by atoms with E-state index in [1.807, 2.05) is 32.0 Å². The fraction of sp³-hybridized carbons (Fsp3) is 0.300. The molecule has 0 aliphatic rings. The van der Waals surface area contributed by atoms with E-state index in [1.165, 1.54) is 11.1 Å². The molecule has 1 aromatic carbocycles. The zero-order valence-electron chi connectivity index (χ0n) is 8.42. The largest absolute Gasteiger partial charge is 0.376 e. The SMILES string of the molecule is Cc1ccc(NCC(=O)NN)cc1C. The van der Waals surface area contributed by atoms with E-state index < -0.39 is 0 Å². The lowest BCUT2D eigenvalue weighted by molar-refractivity contribution is -0.119. The highest BCUT2D eigenvalue weighted by Gasteiger charge is 1.99. The second-order valence-electron chi connectivity index (χ2n) is 3.22. The molecule has 14 heavy (non-hydrogen) atoms. The van der Waals surface area contributed by atoms with E-state index in [-0.39, 0.29) is 12.5 Å². The summed E-state index contributed by atoms with van der Waals surface area (Å²) in [6, 6.07) is 5.95. The van der Waals surface area contributed by atoms with E-state index in [4.69, 9.17) is 5.84 Å². The summed E-state index contributed by atoms with van der Waals surface area (Å²) in [5, 5.41) is 2.97. The first-order chi connectivity index (χ1) is 6.63. The van der Waals surface area contributed by atoms with Crippen LogP contribution in [0, 0.1) is 13.8 Å². The van der Waals surface area contributed by atoms with Crippen LogP contribution in [0.25, 0.3) is 0 Å². The number of hydrogen-bond donors (Lipinski definition) is 3. The van der Waals surface area contributed by atoms with E-state index in [0.717, 1.165) is 5.69 Å². The standard InChI is InChI=1S/C10H15N3O/c1-7-3-4-9(5-8(7)2)12-6-10(14)13-11/h3-5,12H,6,11H2,1-2H3,(H,13,14). The van der Waals surface area contributed by atoms with Crippen molar-refractivity contribution in [2.75, 3.05) is 11.9 Å². The summed E-state index contributed by atoms with van der Waals surface area (Å²) in [7, 11) is 0. The molecule has 0 saturated heterocycles. The van der Waals surface area contributed by atoms with Gasteiger partial charge in [0, 0.05) is 5.69 Å². The van der Waals surface area contributed by atoms with E-state index in [9.17, 15) is 4.79 Å². The van der Waals surface area contributed by atoms with Gasteiger partial charge in [0.05, 0.1) is 6.54 Å². The van der Waals surface area contributed by atoms with E-state index >= 15 is 0 Å². The molecule has 0 heterocycles. The first kappa shape index (κ1) is 10.5. The Hall–Kier alpha value is -1.55. The highest BCUT2D eigenvalue weighted by Crippen LogP contribution is 2.13. The van der Waals surface area contributed by atoms with Crippen LogP contribution in [-0.2, 0) is 4.79 Å². The van der Waals surface area contributed by atoms with Gasteiger partial charge in [0.2, 0.25) is 0 Å². The minimum absolute atomic E-state index is 0.193. The predicted molar refractivity (Wildman–Crippen MR) is 56.7 cm³/mol. The third-order valence-electron chi connectivity index (χ3n) is 2.12. The van der Waals surface area contributed by atoms with Crippen LogP contribution in [0.15, 0.2) is 18.2 Å². The number of amides is 1. The monoisotopic (exact) mass is 193 g/mol. The van der Waals surface area contributed by atoms with Gasteiger partial charge in [0.1, 0.15) is 0 Å². The average molecular weight is 193 g/mol. The summed E-state index contributed by atoms with van der Waals surface area (Å²) < 4.78 is 0. The lowest BCUT2D eigenvalue weighted by Gasteiger charge is -2.07. The van der Waals surface area contributed by atoms with Crippen molar-refractivity contribution in [1.29, 1.82) is 0 Å². The van der Waals surface area contributed by atoms with Crippen LogP contribution < -0.4 is 16.6 Å². The van der Waals surface area contributed by atoms with Crippen molar-refractivity contribution in [2.24, 2.45) is 5.84 Å². The van der Waals surface area contributed by atoms with Gasteiger partial charge in [0.25, 0.3) is 5.91 Å². The molecule has 0 aliphatic heterocycles. The van der Waals surface area contributed by atoms with Gasteiger partial charge in [0.15, 0.2) is 0 Å². The number of aryl methyl sites for hydroxylation is 2. The van der Waals surface area contributed by atoms with E-state index in [1.54, 1.807) is 0 Å². The van der Waals surface area contributed by atoms with Crippen LogP contribution in [0.4, 0.5) is 5.69 Å². The Morgan fingerprint density at radius 1 is 1.36 bits per heavy atom. The number of hydrazine groups is 1. The van der Waals surface area contributed by atoms with Crippen LogP contribution >= 0.6 is 0 Å². The molecule has 0 aliphatic carbocycles. The van der Waals surface area contributed by atoms with Crippen LogP contribution in [-0.4, -0.2) is 12.5 Å². The second kappa shape index (κ2) is 4.62. The molecule has 1 amide bonds. The predicted octanol–water partition coefficient (Wildman–Crippen LogP) is 0.705. The maximum Gasteiger partial charge on any atom is 0.253 e. The van der Waals surface area contributed by atoms with Crippen molar-refractivity contribution in [1.82, 2.24) is 5.43 Å². The summed E-state index contributed by atoms with van der Waals surface area (Å²) in [6.45, 7) is 4.27. The molecule has 0 unspecified atom stereocenters. The van der Waals surface area contributed by atoms with Gasteiger partial charge in [-0.2, -0.15) is 0 Å². The van der Waals surface area contributed by atoms with Crippen molar-refractivity contribution < 1.29 is 4.79 Å². The average Bonchev–Trinajstić information content (AvgIpc) is 2.19. The fourth-order valence-corrected chi connectivity index (χ4v) is 1.08. The highest BCUT2D eigenvalue weighted by molar-refractivity contribution is 5.80. The second-order valence-corrected chi connectivity index (χ2v) is 3.22. The van der Waals surface area contributed by atoms with Gasteiger partial charge in [-0.3, -0.25) is 10.2 Å². The molecule has 0 saturated carbocycles. The smallest absolute Gasteiger partial charge is 0.253 e. The topological polar surface area (TPSA) is 67.2 Å². The Labute approximate surface area is 83.5 Å². The van der Waals surface area contributed by atoms with Gasteiger partial charge in [-0.1, -0.05) is 6.07 Å². The Bertz CT molecular complexity index is 336. The van der Waals surface area contributed by atoms with Gasteiger partial charge >= 0.3 is 0 Å².